The Kier molecular flexibility index (Phi) is 4.49. The number of aryl methyl sites for hydroxylation is 1. The number of anilines is 1. The summed E-state index contributed by atoms with van der Waals surface area (Å²) in [5.41, 5.74) is 3.34. The lowest BCUT2D eigenvalue weighted by atomic mass is 9.85. The van der Waals surface area contributed by atoms with Crippen molar-refractivity contribution < 1.29 is 14.3 Å². The van der Waals surface area contributed by atoms with Gasteiger partial charge in [-0.3, -0.25) is 9.59 Å². The Morgan fingerprint density at radius 1 is 1.16 bits per heavy atom. The second kappa shape index (κ2) is 6.59. The second-order valence-corrected chi connectivity index (χ2v) is 6.84. The fourth-order valence-electron chi connectivity index (χ4n) is 2.76. The SMILES string of the molecule is Cc1ccc(OCC(=O)NCc2ccc3c(c2)C(C)(C)C(=O)N3)cc1. The monoisotopic (exact) mass is 338 g/mol. The average Bonchev–Trinajstić information content (AvgIpc) is 2.82. The third-order valence-corrected chi connectivity index (χ3v) is 4.45. The topological polar surface area (TPSA) is 67.4 Å². The van der Waals surface area contributed by atoms with E-state index in [2.05, 4.69) is 10.6 Å². The molecule has 1 heterocycles. The van der Waals surface area contributed by atoms with Crippen molar-refractivity contribution in [2.24, 2.45) is 0 Å². The van der Waals surface area contributed by atoms with E-state index in [1.165, 1.54) is 0 Å². The first-order valence-corrected chi connectivity index (χ1v) is 8.27. The van der Waals surface area contributed by atoms with Crippen molar-refractivity contribution in [1.82, 2.24) is 5.32 Å². The Bertz CT molecular complexity index is 810. The Hall–Kier alpha value is -2.82. The molecule has 25 heavy (non-hydrogen) atoms. The van der Waals surface area contributed by atoms with Crippen LogP contribution in [0.15, 0.2) is 42.5 Å². The van der Waals surface area contributed by atoms with E-state index in [0.29, 0.717) is 12.3 Å². The third kappa shape index (κ3) is 3.65. The van der Waals surface area contributed by atoms with E-state index in [1.807, 2.05) is 63.2 Å². The number of rotatable bonds is 5. The van der Waals surface area contributed by atoms with Gasteiger partial charge in [-0.25, -0.2) is 0 Å². The number of nitrogens with one attached hydrogen (secondary N) is 2. The van der Waals surface area contributed by atoms with Crippen LogP contribution in [0, 0.1) is 6.92 Å². The van der Waals surface area contributed by atoms with Crippen molar-refractivity contribution in [3.8, 4) is 5.75 Å². The van der Waals surface area contributed by atoms with Crippen LogP contribution in [0.4, 0.5) is 5.69 Å². The van der Waals surface area contributed by atoms with E-state index in [9.17, 15) is 9.59 Å². The van der Waals surface area contributed by atoms with E-state index in [0.717, 1.165) is 22.4 Å². The number of hydrogen-bond donors (Lipinski definition) is 2. The van der Waals surface area contributed by atoms with Crippen molar-refractivity contribution in [1.29, 1.82) is 0 Å². The van der Waals surface area contributed by atoms with Gasteiger partial charge in [0.15, 0.2) is 6.61 Å². The maximum absolute atomic E-state index is 12.0. The second-order valence-electron chi connectivity index (χ2n) is 6.84. The Balaban J connectivity index is 1.55. The summed E-state index contributed by atoms with van der Waals surface area (Å²) in [6, 6.07) is 13.3. The zero-order valence-electron chi connectivity index (χ0n) is 14.7. The van der Waals surface area contributed by atoms with Gasteiger partial charge in [0.05, 0.1) is 5.41 Å². The molecule has 0 saturated heterocycles. The normalized spacial score (nSPS) is 14.6. The number of carbonyl (C=O) groups excluding carboxylic acids is 2. The summed E-state index contributed by atoms with van der Waals surface area (Å²) in [6.45, 7) is 6.16. The van der Waals surface area contributed by atoms with Crippen molar-refractivity contribution >= 4 is 17.5 Å². The van der Waals surface area contributed by atoms with E-state index in [1.54, 1.807) is 0 Å². The predicted octanol–water partition coefficient (Wildman–Crippen LogP) is 2.92. The summed E-state index contributed by atoms with van der Waals surface area (Å²) in [6.07, 6.45) is 0. The van der Waals surface area contributed by atoms with Gasteiger partial charge >= 0.3 is 0 Å². The van der Waals surface area contributed by atoms with Crippen LogP contribution in [-0.4, -0.2) is 18.4 Å². The Morgan fingerprint density at radius 2 is 1.88 bits per heavy atom. The van der Waals surface area contributed by atoms with Crippen molar-refractivity contribution in [3.05, 3.63) is 59.2 Å². The highest BCUT2D eigenvalue weighted by Gasteiger charge is 2.38. The Morgan fingerprint density at radius 3 is 2.60 bits per heavy atom. The first-order chi connectivity index (χ1) is 11.9. The molecule has 0 atom stereocenters. The Labute approximate surface area is 147 Å². The zero-order valence-corrected chi connectivity index (χ0v) is 14.7. The highest BCUT2D eigenvalue weighted by molar-refractivity contribution is 6.05. The molecule has 0 aromatic heterocycles. The molecule has 0 spiro atoms. The van der Waals surface area contributed by atoms with Crippen LogP contribution in [-0.2, 0) is 21.5 Å². The number of amides is 2. The maximum Gasteiger partial charge on any atom is 0.258 e. The summed E-state index contributed by atoms with van der Waals surface area (Å²) in [7, 11) is 0. The van der Waals surface area contributed by atoms with Crippen molar-refractivity contribution in [2.75, 3.05) is 11.9 Å². The molecule has 3 rings (SSSR count). The molecule has 130 valence electrons. The van der Waals surface area contributed by atoms with E-state index in [4.69, 9.17) is 4.74 Å². The van der Waals surface area contributed by atoms with Gasteiger partial charge in [0.2, 0.25) is 5.91 Å². The predicted molar refractivity (Wildman–Crippen MR) is 96.6 cm³/mol. The standard InChI is InChI=1S/C20H22N2O3/c1-13-4-7-15(8-5-13)25-12-18(23)21-11-14-6-9-17-16(10-14)20(2,3)19(24)22-17/h4-10H,11-12H2,1-3H3,(H,21,23)(H,22,24). The van der Waals surface area contributed by atoms with Crippen LogP contribution in [0.5, 0.6) is 5.75 Å². The lowest BCUT2D eigenvalue weighted by molar-refractivity contribution is -0.123. The molecule has 0 aliphatic carbocycles. The molecule has 0 saturated carbocycles. The van der Waals surface area contributed by atoms with E-state index < -0.39 is 5.41 Å². The highest BCUT2D eigenvalue weighted by atomic mass is 16.5. The number of hydrogen-bond acceptors (Lipinski definition) is 3. The molecule has 2 N–H and O–H groups in total. The highest BCUT2D eigenvalue weighted by Crippen LogP contribution is 2.37. The van der Waals surface area contributed by atoms with Gasteiger partial charge in [-0.15, -0.1) is 0 Å². The summed E-state index contributed by atoms with van der Waals surface area (Å²) in [5.74, 6) is 0.481. The lowest BCUT2D eigenvalue weighted by Gasteiger charge is -2.16. The summed E-state index contributed by atoms with van der Waals surface area (Å²) >= 11 is 0. The lowest BCUT2D eigenvalue weighted by Crippen LogP contribution is -2.29. The summed E-state index contributed by atoms with van der Waals surface area (Å²) in [4.78, 5) is 23.9. The fourth-order valence-corrected chi connectivity index (χ4v) is 2.76. The van der Waals surface area contributed by atoms with Crippen molar-refractivity contribution in [3.63, 3.8) is 0 Å². The minimum absolute atomic E-state index is 0.00446. The molecule has 0 radical (unpaired) electrons. The average molecular weight is 338 g/mol. The number of ether oxygens (including phenoxy) is 1. The number of fused-ring (bicyclic) bond motifs is 1. The smallest absolute Gasteiger partial charge is 0.258 e. The molecule has 0 fully saturated rings. The van der Waals surface area contributed by atoms with Crippen LogP contribution in [0.1, 0.15) is 30.5 Å². The minimum atomic E-state index is -0.552. The minimum Gasteiger partial charge on any atom is -0.484 e. The molecule has 2 amide bonds. The van der Waals surface area contributed by atoms with Crippen LogP contribution >= 0.6 is 0 Å². The van der Waals surface area contributed by atoms with Gasteiger partial charge in [0.25, 0.3) is 5.91 Å². The van der Waals surface area contributed by atoms with Crippen LogP contribution in [0.2, 0.25) is 0 Å². The van der Waals surface area contributed by atoms with Gasteiger partial charge in [-0.05, 0) is 50.1 Å². The van der Waals surface area contributed by atoms with Crippen LogP contribution < -0.4 is 15.4 Å². The van der Waals surface area contributed by atoms with Gasteiger partial charge < -0.3 is 15.4 Å². The first kappa shape index (κ1) is 17.0. The molecule has 1 aliphatic heterocycles. The fraction of sp³-hybridized carbons (Fsp3) is 0.300. The van der Waals surface area contributed by atoms with Crippen LogP contribution in [0.25, 0.3) is 0 Å². The number of carbonyl (C=O) groups is 2. The first-order valence-electron chi connectivity index (χ1n) is 8.27. The molecular formula is C20H22N2O3. The third-order valence-electron chi connectivity index (χ3n) is 4.45. The summed E-state index contributed by atoms with van der Waals surface area (Å²) < 4.78 is 5.47. The largest absolute Gasteiger partial charge is 0.484 e. The molecule has 5 heteroatoms. The van der Waals surface area contributed by atoms with Gasteiger partial charge in [0, 0.05) is 12.2 Å². The summed E-state index contributed by atoms with van der Waals surface area (Å²) in [5, 5.41) is 5.72. The maximum atomic E-state index is 12.0. The quantitative estimate of drug-likeness (QED) is 0.881. The molecule has 5 nitrogen and oxygen atoms in total. The molecule has 2 aromatic rings. The zero-order chi connectivity index (χ0) is 18.0. The van der Waals surface area contributed by atoms with Gasteiger partial charge in [-0.1, -0.05) is 29.8 Å². The van der Waals surface area contributed by atoms with Gasteiger partial charge in [-0.2, -0.15) is 0 Å². The van der Waals surface area contributed by atoms with Gasteiger partial charge in [0.1, 0.15) is 5.75 Å². The van der Waals surface area contributed by atoms with E-state index >= 15 is 0 Å². The molecule has 1 aliphatic rings. The molecule has 2 aromatic carbocycles. The van der Waals surface area contributed by atoms with Crippen molar-refractivity contribution in [2.45, 2.75) is 32.7 Å². The molecular weight excluding hydrogens is 316 g/mol. The number of benzene rings is 2. The van der Waals surface area contributed by atoms with Crippen LogP contribution in [0.3, 0.4) is 0 Å². The molecule has 0 bridgehead atoms. The molecule has 0 unspecified atom stereocenters. The van der Waals surface area contributed by atoms with E-state index in [-0.39, 0.29) is 18.4 Å².